The average molecular weight is 436 g/mol. The number of benzene rings is 2. The highest BCUT2D eigenvalue weighted by molar-refractivity contribution is 6.30. The van der Waals surface area contributed by atoms with Crippen LogP contribution in [0.5, 0.6) is 0 Å². The van der Waals surface area contributed by atoms with Crippen LogP contribution in [0.15, 0.2) is 85.5 Å². The molecule has 0 N–H and O–H groups in total. The van der Waals surface area contributed by atoms with Crippen molar-refractivity contribution in [2.75, 3.05) is 11.4 Å². The van der Waals surface area contributed by atoms with Gasteiger partial charge < -0.3 is 4.90 Å². The zero-order valence-corrected chi connectivity index (χ0v) is 17.9. The molecule has 0 atom stereocenters. The van der Waals surface area contributed by atoms with E-state index < -0.39 is 0 Å². The van der Waals surface area contributed by atoms with Gasteiger partial charge in [0.2, 0.25) is 0 Å². The normalized spacial score (nSPS) is 12.8. The van der Waals surface area contributed by atoms with Gasteiger partial charge in [-0.3, -0.25) is 9.97 Å². The number of rotatable bonds is 3. The van der Waals surface area contributed by atoms with Crippen molar-refractivity contribution in [2.24, 2.45) is 0 Å². The fourth-order valence-electron chi connectivity index (χ4n) is 4.25. The molecule has 1 aliphatic rings. The topological polar surface area (TPSA) is 54.8 Å². The van der Waals surface area contributed by atoms with Gasteiger partial charge in [-0.15, -0.1) is 0 Å². The first-order valence-corrected chi connectivity index (χ1v) is 10.8. The van der Waals surface area contributed by atoms with Crippen molar-refractivity contribution in [1.82, 2.24) is 19.9 Å². The summed E-state index contributed by atoms with van der Waals surface area (Å²) in [7, 11) is 0. The van der Waals surface area contributed by atoms with Crippen LogP contribution >= 0.6 is 11.6 Å². The molecule has 2 aromatic carbocycles. The van der Waals surface area contributed by atoms with E-state index in [1.54, 1.807) is 18.6 Å². The number of hydrogen-bond donors (Lipinski definition) is 0. The van der Waals surface area contributed by atoms with Gasteiger partial charge in [0.15, 0.2) is 5.82 Å². The Kier molecular flexibility index (Phi) is 4.55. The minimum absolute atomic E-state index is 0.659. The lowest BCUT2D eigenvalue weighted by atomic mass is 10.1. The van der Waals surface area contributed by atoms with Gasteiger partial charge in [-0.2, -0.15) is 0 Å². The van der Waals surface area contributed by atoms with Crippen LogP contribution < -0.4 is 4.90 Å². The average Bonchev–Trinajstić information content (AvgIpc) is 3.27. The van der Waals surface area contributed by atoms with Crippen LogP contribution in [0.4, 0.5) is 11.5 Å². The molecule has 0 fully saturated rings. The molecule has 1 aliphatic heterocycles. The highest BCUT2D eigenvalue weighted by Gasteiger charge is 2.24. The van der Waals surface area contributed by atoms with E-state index in [1.807, 2.05) is 36.5 Å². The van der Waals surface area contributed by atoms with Gasteiger partial charge in [-0.25, -0.2) is 9.97 Å². The van der Waals surface area contributed by atoms with Gasteiger partial charge in [-0.05, 0) is 66.1 Å². The molecule has 154 valence electrons. The molecule has 5 nitrogen and oxygen atoms in total. The lowest BCUT2D eigenvalue weighted by Gasteiger charge is -2.21. The molecule has 0 aliphatic carbocycles. The number of pyridine rings is 2. The molecule has 0 amide bonds. The third kappa shape index (κ3) is 3.27. The van der Waals surface area contributed by atoms with Gasteiger partial charge in [0, 0.05) is 58.6 Å². The van der Waals surface area contributed by atoms with Crippen molar-refractivity contribution < 1.29 is 0 Å². The summed E-state index contributed by atoms with van der Waals surface area (Å²) in [4.78, 5) is 20.7. The number of hydrogen-bond acceptors (Lipinski definition) is 5. The number of nitrogens with zero attached hydrogens (tertiary/aromatic N) is 5. The minimum atomic E-state index is 0.659. The van der Waals surface area contributed by atoms with Gasteiger partial charge in [-0.1, -0.05) is 23.7 Å². The SMILES string of the molecule is Clc1ccc2c(c1)CCN2c1nc(-c2cccnc2)nc2cc(-c3cccnc3)ccc12. The van der Waals surface area contributed by atoms with E-state index in [-0.39, 0.29) is 0 Å². The standard InChI is InChI=1S/C26H18ClN5/c27-21-6-8-24-18(13-21)9-12-32(24)26-22-7-5-17(19-3-1-10-28-15-19)14-23(22)30-25(31-26)20-4-2-11-29-16-20/h1-8,10-11,13-16H,9,12H2. The van der Waals surface area contributed by atoms with Gasteiger partial charge in [0.05, 0.1) is 5.52 Å². The zero-order chi connectivity index (χ0) is 21.5. The fourth-order valence-corrected chi connectivity index (χ4v) is 4.44. The summed E-state index contributed by atoms with van der Waals surface area (Å²) in [6.45, 7) is 0.846. The Bertz CT molecular complexity index is 1430. The number of anilines is 2. The Morgan fingerprint density at radius 3 is 2.38 bits per heavy atom. The van der Waals surface area contributed by atoms with Crippen LogP contribution in [0, 0.1) is 0 Å². The van der Waals surface area contributed by atoms with Crippen LogP contribution in [0.3, 0.4) is 0 Å². The Balaban J connectivity index is 1.57. The third-order valence-corrected chi connectivity index (χ3v) is 6.02. The van der Waals surface area contributed by atoms with Crippen molar-refractivity contribution in [2.45, 2.75) is 6.42 Å². The Morgan fingerprint density at radius 2 is 1.59 bits per heavy atom. The van der Waals surface area contributed by atoms with E-state index in [0.717, 1.165) is 57.1 Å². The first-order valence-electron chi connectivity index (χ1n) is 10.4. The van der Waals surface area contributed by atoms with E-state index in [4.69, 9.17) is 21.6 Å². The highest BCUT2D eigenvalue weighted by atomic mass is 35.5. The third-order valence-electron chi connectivity index (χ3n) is 5.78. The van der Waals surface area contributed by atoms with Crippen LogP contribution in [0.25, 0.3) is 33.4 Å². The second kappa shape index (κ2) is 7.70. The molecule has 0 unspecified atom stereocenters. The number of fused-ring (bicyclic) bond motifs is 2. The van der Waals surface area contributed by atoms with Gasteiger partial charge in [0.1, 0.15) is 5.82 Å². The maximum Gasteiger partial charge on any atom is 0.163 e. The number of halogens is 1. The van der Waals surface area contributed by atoms with Gasteiger partial charge in [0.25, 0.3) is 0 Å². The van der Waals surface area contributed by atoms with Crippen molar-refractivity contribution >= 4 is 34.0 Å². The lowest BCUT2D eigenvalue weighted by molar-refractivity contribution is 0.976. The Morgan fingerprint density at radius 1 is 0.781 bits per heavy atom. The molecule has 0 saturated heterocycles. The van der Waals surface area contributed by atoms with Gasteiger partial charge >= 0.3 is 0 Å². The first-order chi connectivity index (χ1) is 15.8. The summed E-state index contributed by atoms with van der Waals surface area (Å²) in [5.74, 6) is 1.55. The minimum Gasteiger partial charge on any atom is -0.325 e. The summed E-state index contributed by atoms with van der Waals surface area (Å²) in [5.41, 5.74) is 6.28. The molecule has 0 saturated carbocycles. The largest absolute Gasteiger partial charge is 0.325 e. The molecular formula is C26H18ClN5. The molecule has 0 spiro atoms. The van der Waals surface area contributed by atoms with E-state index in [1.165, 1.54) is 5.56 Å². The van der Waals surface area contributed by atoms with Crippen molar-refractivity contribution in [3.05, 3.63) is 96.0 Å². The molecule has 4 heterocycles. The molecule has 5 aromatic rings. The fraction of sp³-hybridized carbons (Fsp3) is 0.0769. The van der Waals surface area contributed by atoms with Crippen LogP contribution in [0.2, 0.25) is 5.02 Å². The second-order valence-electron chi connectivity index (χ2n) is 7.76. The quantitative estimate of drug-likeness (QED) is 0.342. The summed E-state index contributed by atoms with van der Waals surface area (Å²) in [5, 5.41) is 1.77. The summed E-state index contributed by atoms with van der Waals surface area (Å²) in [6, 6.07) is 20.3. The van der Waals surface area contributed by atoms with Crippen LogP contribution in [0.1, 0.15) is 5.56 Å². The van der Waals surface area contributed by atoms with Crippen LogP contribution in [-0.4, -0.2) is 26.5 Å². The van der Waals surface area contributed by atoms with E-state index in [9.17, 15) is 0 Å². The Hall–Kier alpha value is -3.83. The smallest absolute Gasteiger partial charge is 0.163 e. The molecule has 0 radical (unpaired) electrons. The summed E-state index contributed by atoms with van der Waals surface area (Å²) >= 11 is 6.24. The Labute approximate surface area is 190 Å². The molecule has 0 bridgehead atoms. The summed E-state index contributed by atoms with van der Waals surface area (Å²) < 4.78 is 0. The maximum atomic E-state index is 6.24. The van der Waals surface area contributed by atoms with E-state index in [0.29, 0.717) is 5.82 Å². The monoisotopic (exact) mass is 435 g/mol. The molecule has 6 heteroatoms. The maximum absolute atomic E-state index is 6.24. The van der Waals surface area contributed by atoms with Crippen molar-refractivity contribution in [1.29, 1.82) is 0 Å². The van der Waals surface area contributed by atoms with E-state index in [2.05, 4.69) is 45.2 Å². The van der Waals surface area contributed by atoms with Crippen molar-refractivity contribution in [3.8, 4) is 22.5 Å². The van der Waals surface area contributed by atoms with Crippen molar-refractivity contribution in [3.63, 3.8) is 0 Å². The summed E-state index contributed by atoms with van der Waals surface area (Å²) in [6.07, 6.45) is 8.13. The predicted molar refractivity (Wildman–Crippen MR) is 128 cm³/mol. The zero-order valence-electron chi connectivity index (χ0n) is 17.1. The second-order valence-corrected chi connectivity index (χ2v) is 8.20. The number of aromatic nitrogens is 4. The molecule has 3 aromatic heterocycles. The highest BCUT2D eigenvalue weighted by Crippen LogP contribution is 2.39. The van der Waals surface area contributed by atoms with E-state index >= 15 is 0 Å². The van der Waals surface area contributed by atoms with Crippen LogP contribution in [-0.2, 0) is 6.42 Å². The molecule has 6 rings (SSSR count). The lowest BCUT2D eigenvalue weighted by Crippen LogP contribution is -2.16. The first kappa shape index (κ1) is 18.9. The molecular weight excluding hydrogens is 418 g/mol. The molecule has 32 heavy (non-hydrogen) atoms. The predicted octanol–water partition coefficient (Wildman–Crippen LogP) is 6.10.